The number of methoxy groups -OCH3 is 1. The van der Waals surface area contributed by atoms with Crippen molar-refractivity contribution in [3.8, 4) is 0 Å². The fourth-order valence-corrected chi connectivity index (χ4v) is 15.4. The van der Waals surface area contributed by atoms with E-state index >= 15 is 0 Å². The molecule has 23 heteroatoms. The summed E-state index contributed by atoms with van der Waals surface area (Å²) in [6, 6.07) is 0. The van der Waals surface area contributed by atoms with Crippen molar-refractivity contribution in [2.24, 2.45) is 46.3 Å². The summed E-state index contributed by atoms with van der Waals surface area (Å²) in [7, 11) is 1.73. The highest BCUT2D eigenvalue weighted by Crippen LogP contribution is 2.71. The normalized spacial score (nSPS) is 55.9. The Hall–Kier alpha value is -1.34. The molecule has 13 N–H and O–H groups in total. The van der Waals surface area contributed by atoms with Gasteiger partial charge in [0.15, 0.2) is 25.2 Å². The summed E-state index contributed by atoms with van der Waals surface area (Å²) in [4.78, 5) is 0. The third-order valence-electron chi connectivity index (χ3n) is 19.9. The van der Waals surface area contributed by atoms with Crippen molar-refractivity contribution in [1.82, 2.24) is 0 Å². The molecule has 9 aliphatic rings. The third-order valence-corrected chi connectivity index (χ3v) is 19.9. The summed E-state index contributed by atoms with van der Waals surface area (Å²) in [6.07, 6.45) is -23.6. The third kappa shape index (κ3) is 10.3. The van der Waals surface area contributed by atoms with Crippen LogP contribution in [0.25, 0.3) is 0 Å². The molecule has 0 amide bonds. The number of aliphatic hydroxyl groups excluding tert-OH is 13. The van der Waals surface area contributed by atoms with E-state index in [9.17, 15) is 66.4 Å². The number of allylic oxidation sites excluding steroid dienone is 1. The first-order valence-electron chi connectivity index (χ1n) is 27.2. The van der Waals surface area contributed by atoms with Crippen LogP contribution in [0.4, 0.5) is 0 Å². The first-order chi connectivity index (χ1) is 35.4. The summed E-state index contributed by atoms with van der Waals surface area (Å²) in [5, 5.41) is 139. The number of hydrogen-bond acceptors (Lipinski definition) is 23. The predicted octanol–water partition coefficient (Wildman–Crippen LogP) is -2.35. The van der Waals surface area contributed by atoms with Gasteiger partial charge in [-0.2, -0.15) is 0 Å². The Morgan fingerprint density at radius 2 is 1.20 bits per heavy atom. The summed E-state index contributed by atoms with van der Waals surface area (Å²) < 4.78 is 61.1. The molecule has 0 spiro atoms. The number of ether oxygens (including phenoxy) is 10. The molecular formula is C52H86O23. The molecule has 432 valence electrons. The number of hydrogen-bond donors (Lipinski definition) is 13. The van der Waals surface area contributed by atoms with Crippen LogP contribution >= 0.6 is 0 Å². The van der Waals surface area contributed by atoms with E-state index in [2.05, 4.69) is 26.8 Å². The zero-order valence-electron chi connectivity index (χ0n) is 44.0. The Bertz CT molecular complexity index is 1950. The molecule has 4 aliphatic carbocycles. The molecule has 5 saturated heterocycles. The Kier molecular flexibility index (Phi) is 17.5. The maximum atomic E-state index is 12.2. The van der Waals surface area contributed by atoms with E-state index in [4.69, 9.17) is 47.4 Å². The Balaban J connectivity index is 0.867. The molecule has 9 fully saturated rings. The molecule has 32 atom stereocenters. The van der Waals surface area contributed by atoms with Crippen LogP contribution in [0, 0.1) is 46.3 Å². The molecule has 9 rings (SSSR count). The van der Waals surface area contributed by atoms with Gasteiger partial charge < -0.3 is 114 Å². The average molecular weight is 1080 g/mol. The number of aliphatic hydroxyl groups is 13. The first-order valence-corrected chi connectivity index (χ1v) is 27.2. The standard InChI is InChI=1S/C52H86O23/c1-20(19-67-46-39(62)38(61)35(58)30(17-53)72-46)8-11-32-52(6,66-7)45-29(70-32)15-26-24-10-9-23-14-28(27(55)16-51(23,5)25(24)12-13-50(26,45)4)71-49-44(75-48-41(64)37(60)34(57)22(3)69-48)42(65)43(31(18-54)73-49)74-47-40(63)36(59)33(56)21(2)68-47/h11,20-31,33-49,53-65H,8-10,12-19H2,1-7H3/b32-11-. The molecule has 4 saturated carbocycles. The lowest BCUT2D eigenvalue weighted by molar-refractivity contribution is -0.391. The van der Waals surface area contributed by atoms with Crippen LogP contribution in [0.5, 0.6) is 0 Å². The number of fused-ring (bicyclic) bond motifs is 7. The lowest BCUT2D eigenvalue weighted by atomic mass is 9.44. The van der Waals surface area contributed by atoms with Crippen molar-refractivity contribution < 1.29 is 114 Å². The number of rotatable bonds is 14. The maximum Gasteiger partial charge on any atom is 0.187 e. The fraction of sp³-hybridized carbons (Fsp3) is 0.962. The fourth-order valence-electron chi connectivity index (χ4n) is 15.4. The average Bonchev–Trinajstić information content (AvgIpc) is 3.93. The van der Waals surface area contributed by atoms with Gasteiger partial charge in [-0.1, -0.05) is 20.8 Å². The van der Waals surface area contributed by atoms with Gasteiger partial charge in [-0.25, -0.2) is 0 Å². The Morgan fingerprint density at radius 1 is 0.613 bits per heavy atom. The lowest BCUT2D eigenvalue weighted by Gasteiger charge is -2.62. The summed E-state index contributed by atoms with van der Waals surface area (Å²) in [5.74, 6) is 1.87. The molecule has 5 aliphatic heterocycles. The van der Waals surface area contributed by atoms with Crippen LogP contribution < -0.4 is 0 Å². The zero-order valence-corrected chi connectivity index (χ0v) is 44.0. The minimum absolute atomic E-state index is 0.0586. The summed E-state index contributed by atoms with van der Waals surface area (Å²) >= 11 is 0. The SMILES string of the molecule is COC1(C)/C(=C/CC(C)COC2OC(CO)C(O)C(O)C2O)OC2CC3C4CCC5CC(OC6OC(CO)C(OC7OC(C)C(O)C(O)C7O)C(O)C6OC6OC(C)C(O)C(O)C6O)C(O)CC5(C)C4CCC3(C)C21. The van der Waals surface area contributed by atoms with E-state index < -0.39 is 154 Å². The largest absolute Gasteiger partial charge is 0.492 e. The lowest BCUT2D eigenvalue weighted by Crippen LogP contribution is -2.67. The Labute approximate surface area is 437 Å². The highest BCUT2D eigenvalue weighted by molar-refractivity contribution is 5.27. The maximum absolute atomic E-state index is 12.2. The van der Waals surface area contributed by atoms with Gasteiger partial charge in [-0.15, -0.1) is 0 Å². The molecule has 5 heterocycles. The second-order valence-electron chi connectivity index (χ2n) is 24.3. The second kappa shape index (κ2) is 22.5. The van der Waals surface area contributed by atoms with Gasteiger partial charge in [0.1, 0.15) is 103 Å². The van der Waals surface area contributed by atoms with E-state index in [1.54, 1.807) is 7.11 Å². The van der Waals surface area contributed by atoms with Crippen molar-refractivity contribution in [2.75, 3.05) is 26.9 Å². The van der Waals surface area contributed by atoms with Crippen LogP contribution in [0.1, 0.15) is 92.9 Å². The van der Waals surface area contributed by atoms with Crippen LogP contribution in [-0.2, 0) is 47.4 Å². The first kappa shape index (κ1) is 58.3. The van der Waals surface area contributed by atoms with E-state index in [0.29, 0.717) is 31.1 Å². The minimum atomic E-state index is -1.79. The van der Waals surface area contributed by atoms with Crippen molar-refractivity contribution in [3.63, 3.8) is 0 Å². The van der Waals surface area contributed by atoms with Gasteiger partial charge in [-0.3, -0.25) is 0 Å². The molecule has 0 aromatic rings. The van der Waals surface area contributed by atoms with Crippen LogP contribution in [0.15, 0.2) is 11.8 Å². The van der Waals surface area contributed by atoms with Gasteiger partial charge in [0, 0.05) is 13.0 Å². The highest BCUT2D eigenvalue weighted by Gasteiger charge is 2.70. The van der Waals surface area contributed by atoms with Gasteiger partial charge in [0.2, 0.25) is 0 Å². The van der Waals surface area contributed by atoms with Gasteiger partial charge in [0.05, 0.1) is 44.2 Å². The molecule has 0 aromatic heterocycles. The predicted molar refractivity (Wildman–Crippen MR) is 255 cm³/mol. The second-order valence-corrected chi connectivity index (χ2v) is 24.3. The smallest absolute Gasteiger partial charge is 0.187 e. The zero-order chi connectivity index (χ0) is 54.4. The summed E-state index contributed by atoms with van der Waals surface area (Å²) in [6.45, 7) is 10.6. The topological polar surface area (TPSA) is 355 Å². The highest BCUT2D eigenvalue weighted by atomic mass is 16.8. The van der Waals surface area contributed by atoms with Crippen molar-refractivity contribution >= 4 is 0 Å². The molecule has 0 bridgehead atoms. The molecular weight excluding hydrogens is 993 g/mol. The van der Waals surface area contributed by atoms with Crippen LogP contribution in [-0.4, -0.2) is 240 Å². The summed E-state index contributed by atoms with van der Waals surface area (Å²) in [5.41, 5.74) is -1.10. The van der Waals surface area contributed by atoms with E-state index in [1.807, 2.05) is 6.92 Å². The van der Waals surface area contributed by atoms with Gasteiger partial charge in [-0.05, 0) is 119 Å². The molecule has 0 aromatic carbocycles. The van der Waals surface area contributed by atoms with Crippen molar-refractivity contribution in [3.05, 3.63) is 11.8 Å². The molecule has 75 heavy (non-hydrogen) atoms. The monoisotopic (exact) mass is 1080 g/mol. The van der Waals surface area contributed by atoms with Gasteiger partial charge >= 0.3 is 0 Å². The molecule has 32 unspecified atom stereocenters. The van der Waals surface area contributed by atoms with Crippen LogP contribution in [0.3, 0.4) is 0 Å². The van der Waals surface area contributed by atoms with E-state index in [0.717, 1.165) is 37.9 Å². The quantitative estimate of drug-likeness (QED) is 0.0810. The van der Waals surface area contributed by atoms with Gasteiger partial charge in [0.25, 0.3) is 0 Å². The minimum Gasteiger partial charge on any atom is -0.492 e. The van der Waals surface area contributed by atoms with E-state index in [-0.39, 0.29) is 47.2 Å². The molecule has 23 nitrogen and oxygen atoms in total. The van der Waals surface area contributed by atoms with E-state index in [1.165, 1.54) is 13.8 Å². The van der Waals surface area contributed by atoms with Crippen molar-refractivity contribution in [2.45, 2.75) is 240 Å². The Morgan fingerprint density at radius 3 is 1.81 bits per heavy atom. The molecule has 0 radical (unpaired) electrons. The van der Waals surface area contributed by atoms with Crippen LogP contribution in [0.2, 0.25) is 0 Å². The van der Waals surface area contributed by atoms with Crippen molar-refractivity contribution in [1.29, 1.82) is 0 Å².